The Bertz CT molecular complexity index is 1210. The number of pyridine rings is 1. The summed E-state index contributed by atoms with van der Waals surface area (Å²) in [7, 11) is 0. The van der Waals surface area contributed by atoms with Crippen LogP contribution in [-0.4, -0.2) is 30.8 Å². The van der Waals surface area contributed by atoms with Gasteiger partial charge >= 0.3 is 0 Å². The summed E-state index contributed by atoms with van der Waals surface area (Å²) >= 11 is 0. The second-order valence-corrected chi connectivity index (χ2v) is 7.69. The van der Waals surface area contributed by atoms with E-state index in [1.54, 1.807) is 16.6 Å². The monoisotopic (exact) mass is 389 g/mol. The summed E-state index contributed by atoms with van der Waals surface area (Å²) in [5.41, 5.74) is 4.50. The number of amides is 1. The molecule has 0 saturated heterocycles. The number of rotatable bonds is 5. The minimum Gasteiger partial charge on any atom is -0.334 e. The largest absolute Gasteiger partial charge is 0.334 e. The highest BCUT2D eigenvalue weighted by molar-refractivity contribution is 5.86. The fraction of sp³-hybridized carbons (Fsp3) is 0.273. The van der Waals surface area contributed by atoms with Crippen molar-refractivity contribution in [2.24, 2.45) is 5.92 Å². The second-order valence-electron chi connectivity index (χ2n) is 7.69. The third-order valence-corrected chi connectivity index (χ3v) is 5.45. The van der Waals surface area contributed by atoms with Crippen molar-refractivity contribution < 1.29 is 9.18 Å². The number of tetrazole rings is 1. The first-order valence-corrected chi connectivity index (χ1v) is 9.73. The van der Waals surface area contributed by atoms with E-state index in [-0.39, 0.29) is 17.6 Å². The van der Waals surface area contributed by atoms with Crippen LogP contribution in [0.5, 0.6) is 0 Å². The minimum atomic E-state index is -0.282. The molecule has 6 nitrogen and oxygen atoms in total. The number of halogens is 1. The highest BCUT2D eigenvalue weighted by Crippen LogP contribution is 2.33. The summed E-state index contributed by atoms with van der Waals surface area (Å²) < 4.78 is 15.0. The van der Waals surface area contributed by atoms with E-state index in [0.717, 1.165) is 40.4 Å². The van der Waals surface area contributed by atoms with Crippen LogP contribution in [0, 0.1) is 18.7 Å². The van der Waals surface area contributed by atoms with E-state index in [1.807, 2.05) is 30.0 Å². The van der Waals surface area contributed by atoms with Gasteiger partial charge in [-0.2, -0.15) is 4.52 Å². The van der Waals surface area contributed by atoms with Gasteiger partial charge in [0.1, 0.15) is 5.82 Å². The molecule has 29 heavy (non-hydrogen) atoms. The molecule has 4 aromatic rings. The first-order chi connectivity index (χ1) is 14.1. The summed E-state index contributed by atoms with van der Waals surface area (Å²) in [5.74, 6) is -0.0654. The van der Waals surface area contributed by atoms with Crippen LogP contribution in [0.15, 0.2) is 48.5 Å². The molecule has 0 N–H and O–H groups in total. The van der Waals surface area contributed by atoms with Gasteiger partial charge in [-0.1, -0.05) is 30.3 Å². The van der Waals surface area contributed by atoms with Gasteiger partial charge in [0, 0.05) is 30.0 Å². The van der Waals surface area contributed by atoms with Gasteiger partial charge in [0.15, 0.2) is 5.65 Å². The molecule has 2 aromatic heterocycles. The number of fused-ring (bicyclic) bond motifs is 3. The number of nitrogens with zero attached hydrogens (tertiary/aromatic N) is 5. The molecule has 1 fully saturated rings. The Morgan fingerprint density at radius 2 is 1.97 bits per heavy atom. The van der Waals surface area contributed by atoms with Crippen molar-refractivity contribution in [2.75, 3.05) is 0 Å². The van der Waals surface area contributed by atoms with Crippen molar-refractivity contribution in [1.82, 2.24) is 24.9 Å². The van der Waals surface area contributed by atoms with Crippen LogP contribution < -0.4 is 0 Å². The van der Waals surface area contributed by atoms with Crippen LogP contribution in [0.4, 0.5) is 4.39 Å². The number of hydrogen-bond acceptors (Lipinski definition) is 4. The Morgan fingerprint density at radius 3 is 2.72 bits per heavy atom. The van der Waals surface area contributed by atoms with Gasteiger partial charge in [-0.3, -0.25) is 4.79 Å². The van der Waals surface area contributed by atoms with Gasteiger partial charge in [-0.15, -0.1) is 5.10 Å². The topological polar surface area (TPSA) is 63.4 Å². The van der Waals surface area contributed by atoms with Crippen molar-refractivity contribution in [3.63, 3.8) is 0 Å². The van der Waals surface area contributed by atoms with Crippen LogP contribution >= 0.6 is 0 Å². The van der Waals surface area contributed by atoms with Gasteiger partial charge in [0.25, 0.3) is 0 Å². The van der Waals surface area contributed by atoms with E-state index in [2.05, 4.69) is 21.6 Å². The Kier molecular flexibility index (Phi) is 4.23. The number of aromatic nitrogens is 4. The minimum absolute atomic E-state index is 0.0881. The van der Waals surface area contributed by atoms with E-state index < -0.39 is 0 Å². The predicted octanol–water partition coefficient (Wildman–Crippen LogP) is 3.66. The second kappa shape index (κ2) is 6.92. The Morgan fingerprint density at radius 1 is 1.17 bits per heavy atom. The lowest BCUT2D eigenvalue weighted by Gasteiger charge is -2.23. The maximum Gasteiger partial charge on any atom is 0.226 e. The third kappa shape index (κ3) is 3.33. The molecule has 1 amide bonds. The van der Waals surface area contributed by atoms with E-state index in [4.69, 9.17) is 0 Å². The van der Waals surface area contributed by atoms with Crippen LogP contribution in [0.25, 0.3) is 16.6 Å². The number of carbonyl (C=O) groups is 1. The highest BCUT2D eigenvalue weighted by atomic mass is 19.1. The molecule has 0 bridgehead atoms. The molecule has 0 unspecified atom stereocenters. The first kappa shape index (κ1) is 17.7. The molecule has 5 rings (SSSR count). The average Bonchev–Trinajstić information content (AvgIpc) is 3.45. The van der Waals surface area contributed by atoms with Crippen LogP contribution in [0.1, 0.15) is 29.5 Å². The number of para-hydroxylation sites is 1. The number of carbonyl (C=O) groups excluding carboxylic acids is 1. The Hall–Kier alpha value is -3.35. The molecule has 0 radical (unpaired) electrons. The average molecular weight is 389 g/mol. The van der Waals surface area contributed by atoms with E-state index in [0.29, 0.717) is 18.7 Å². The van der Waals surface area contributed by atoms with Crippen LogP contribution in [0.2, 0.25) is 0 Å². The molecule has 1 saturated carbocycles. The zero-order valence-electron chi connectivity index (χ0n) is 16.0. The summed E-state index contributed by atoms with van der Waals surface area (Å²) in [6.45, 7) is 2.86. The molecule has 7 heteroatoms. The van der Waals surface area contributed by atoms with Gasteiger partial charge < -0.3 is 4.90 Å². The van der Waals surface area contributed by atoms with Crippen molar-refractivity contribution in [3.05, 3.63) is 71.0 Å². The van der Waals surface area contributed by atoms with Crippen molar-refractivity contribution >= 4 is 22.5 Å². The summed E-state index contributed by atoms with van der Waals surface area (Å²) in [4.78, 5) is 14.8. The molecule has 1 aliphatic carbocycles. The van der Waals surface area contributed by atoms with Crippen LogP contribution in [0.3, 0.4) is 0 Å². The predicted molar refractivity (Wildman–Crippen MR) is 106 cm³/mol. The molecule has 2 heterocycles. The quantitative estimate of drug-likeness (QED) is 0.523. The normalized spacial score (nSPS) is 13.9. The summed E-state index contributed by atoms with van der Waals surface area (Å²) in [6, 6.07) is 14.4. The maximum absolute atomic E-state index is 13.3. The lowest BCUT2D eigenvalue weighted by atomic mass is 10.1. The molecule has 0 atom stereocenters. The molecule has 146 valence electrons. The lowest BCUT2D eigenvalue weighted by Crippen LogP contribution is -2.31. The molecular formula is C22H20FN5O. The van der Waals surface area contributed by atoms with Crippen LogP contribution in [-0.2, 0) is 17.9 Å². The number of hydrogen-bond donors (Lipinski definition) is 0. The number of aryl methyl sites for hydroxylation is 1. The highest BCUT2D eigenvalue weighted by Gasteiger charge is 2.33. The molecule has 0 spiro atoms. The SMILES string of the molecule is Cc1cccc2cc(CN(Cc3ccc(F)cc3)C(=O)C3CC3)c3nnnn3c12. The van der Waals surface area contributed by atoms with Gasteiger partial charge in [0.05, 0.1) is 5.52 Å². The van der Waals surface area contributed by atoms with E-state index in [1.165, 1.54) is 12.1 Å². The van der Waals surface area contributed by atoms with Gasteiger partial charge in [-0.25, -0.2) is 4.39 Å². The molecular weight excluding hydrogens is 369 g/mol. The van der Waals surface area contributed by atoms with Gasteiger partial charge in [0.2, 0.25) is 5.91 Å². The standard InChI is InChI=1S/C22H20FN5O/c1-14-3-2-4-17-11-18(21-24-25-26-28(21)20(14)17)13-27(22(29)16-7-8-16)12-15-5-9-19(23)10-6-15/h2-6,9-11,16H,7-8,12-13H2,1H3. The summed E-state index contributed by atoms with van der Waals surface area (Å²) in [6.07, 6.45) is 1.86. The molecule has 1 aliphatic rings. The number of benzene rings is 2. The molecule has 0 aliphatic heterocycles. The van der Waals surface area contributed by atoms with E-state index in [9.17, 15) is 9.18 Å². The Balaban J connectivity index is 1.55. The zero-order valence-corrected chi connectivity index (χ0v) is 16.0. The Labute approximate surface area is 166 Å². The maximum atomic E-state index is 13.3. The van der Waals surface area contributed by atoms with Crippen molar-refractivity contribution in [3.8, 4) is 0 Å². The summed E-state index contributed by atoms with van der Waals surface area (Å²) in [5, 5.41) is 13.3. The molecule has 2 aromatic carbocycles. The fourth-order valence-corrected chi connectivity index (χ4v) is 3.81. The zero-order chi connectivity index (χ0) is 20.0. The fourth-order valence-electron chi connectivity index (χ4n) is 3.81. The van der Waals surface area contributed by atoms with E-state index >= 15 is 0 Å². The third-order valence-electron chi connectivity index (χ3n) is 5.45. The van der Waals surface area contributed by atoms with Gasteiger partial charge in [-0.05, 0) is 59.5 Å². The van der Waals surface area contributed by atoms with Crippen molar-refractivity contribution in [2.45, 2.75) is 32.9 Å². The first-order valence-electron chi connectivity index (χ1n) is 9.73. The smallest absolute Gasteiger partial charge is 0.226 e. The lowest BCUT2D eigenvalue weighted by molar-refractivity contribution is -0.133. The van der Waals surface area contributed by atoms with Crippen molar-refractivity contribution in [1.29, 1.82) is 0 Å².